The normalized spacial score (nSPS) is 15.2. The summed E-state index contributed by atoms with van der Waals surface area (Å²) in [6, 6.07) is 13.7. The minimum Gasteiger partial charge on any atom is -0.493 e. The number of piperidine rings is 1. The van der Waals surface area contributed by atoms with E-state index >= 15 is 0 Å². The lowest BCUT2D eigenvalue weighted by atomic mass is 9.99. The standard InChI is InChI=1S/C23H30N2O5S/c1-18-11-13-24(14-12-18)23(26)17-25(16-19-7-5-4-6-8-19)31(27,28)20-9-10-21(29-2)22(15-20)30-3/h4-10,15,18H,11-14,16-17H2,1-3H3. The Hall–Kier alpha value is -2.58. The van der Waals surface area contributed by atoms with Crippen LogP contribution < -0.4 is 9.47 Å². The van der Waals surface area contributed by atoms with Crippen molar-refractivity contribution in [1.29, 1.82) is 0 Å². The topological polar surface area (TPSA) is 76.2 Å². The maximum Gasteiger partial charge on any atom is 0.243 e. The summed E-state index contributed by atoms with van der Waals surface area (Å²) < 4.78 is 38.8. The van der Waals surface area contributed by atoms with Crippen LogP contribution in [0.1, 0.15) is 25.3 Å². The molecule has 0 saturated carbocycles. The highest BCUT2D eigenvalue weighted by atomic mass is 32.2. The predicted molar refractivity (Wildman–Crippen MR) is 119 cm³/mol. The van der Waals surface area contributed by atoms with Crippen LogP contribution in [0.15, 0.2) is 53.4 Å². The van der Waals surface area contributed by atoms with Crippen molar-refractivity contribution in [3.63, 3.8) is 0 Å². The van der Waals surface area contributed by atoms with E-state index in [1.54, 1.807) is 11.0 Å². The molecule has 1 aliphatic heterocycles. The maximum absolute atomic E-state index is 13.5. The molecule has 31 heavy (non-hydrogen) atoms. The van der Waals surface area contributed by atoms with Crippen molar-refractivity contribution >= 4 is 15.9 Å². The van der Waals surface area contributed by atoms with Gasteiger partial charge in [0.05, 0.1) is 25.7 Å². The van der Waals surface area contributed by atoms with Gasteiger partial charge in [0.15, 0.2) is 11.5 Å². The van der Waals surface area contributed by atoms with E-state index in [1.807, 2.05) is 30.3 Å². The molecule has 3 rings (SSSR count). The molecule has 2 aromatic carbocycles. The van der Waals surface area contributed by atoms with Crippen molar-refractivity contribution < 1.29 is 22.7 Å². The van der Waals surface area contributed by atoms with E-state index in [0.29, 0.717) is 30.5 Å². The monoisotopic (exact) mass is 446 g/mol. The molecule has 0 unspecified atom stereocenters. The zero-order valence-electron chi connectivity index (χ0n) is 18.3. The molecular formula is C23H30N2O5S. The van der Waals surface area contributed by atoms with Gasteiger partial charge >= 0.3 is 0 Å². The number of benzene rings is 2. The highest BCUT2D eigenvalue weighted by Gasteiger charge is 2.30. The van der Waals surface area contributed by atoms with E-state index < -0.39 is 10.0 Å². The molecule has 0 aliphatic carbocycles. The van der Waals surface area contributed by atoms with Crippen LogP contribution in [0.3, 0.4) is 0 Å². The summed E-state index contributed by atoms with van der Waals surface area (Å²) in [5.74, 6) is 1.17. The lowest BCUT2D eigenvalue weighted by Gasteiger charge is -2.32. The van der Waals surface area contributed by atoms with Crippen LogP contribution in [0.5, 0.6) is 11.5 Å². The van der Waals surface area contributed by atoms with Crippen LogP contribution in [0, 0.1) is 5.92 Å². The van der Waals surface area contributed by atoms with E-state index in [0.717, 1.165) is 18.4 Å². The number of rotatable bonds is 8. The number of nitrogens with zero attached hydrogens (tertiary/aromatic N) is 2. The predicted octanol–water partition coefficient (Wildman–Crippen LogP) is 3.15. The first-order chi connectivity index (χ1) is 14.8. The lowest BCUT2D eigenvalue weighted by Crippen LogP contribution is -2.45. The van der Waals surface area contributed by atoms with Gasteiger partial charge in [-0.3, -0.25) is 4.79 Å². The number of likely N-dealkylation sites (tertiary alicyclic amines) is 1. The molecule has 0 aromatic heterocycles. The van der Waals surface area contributed by atoms with Gasteiger partial charge in [-0.25, -0.2) is 8.42 Å². The van der Waals surface area contributed by atoms with Crippen molar-refractivity contribution in [2.45, 2.75) is 31.2 Å². The van der Waals surface area contributed by atoms with E-state index in [2.05, 4.69) is 6.92 Å². The molecule has 1 saturated heterocycles. The second-order valence-corrected chi connectivity index (χ2v) is 9.78. The minimum atomic E-state index is -3.95. The van der Waals surface area contributed by atoms with E-state index in [9.17, 15) is 13.2 Å². The van der Waals surface area contributed by atoms with E-state index in [-0.39, 0.29) is 23.9 Å². The molecule has 2 aromatic rings. The number of sulfonamides is 1. The molecule has 7 nitrogen and oxygen atoms in total. The van der Waals surface area contributed by atoms with Gasteiger partial charge in [0.2, 0.25) is 15.9 Å². The van der Waals surface area contributed by atoms with Crippen molar-refractivity contribution in [3.05, 3.63) is 54.1 Å². The second kappa shape index (κ2) is 10.2. The zero-order valence-corrected chi connectivity index (χ0v) is 19.1. The van der Waals surface area contributed by atoms with Gasteiger partial charge in [0.1, 0.15) is 0 Å². The summed E-state index contributed by atoms with van der Waals surface area (Å²) in [4.78, 5) is 14.8. The highest BCUT2D eigenvalue weighted by molar-refractivity contribution is 7.89. The molecule has 1 heterocycles. The largest absolute Gasteiger partial charge is 0.493 e. The van der Waals surface area contributed by atoms with Crippen molar-refractivity contribution in [3.8, 4) is 11.5 Å². The molecular weight excluding hydrogens is 416 g/mol. The molecule has 8 heteroatoms. The third-order valence-electron chi connectivity index (χ3n) is 5.64. The molecule has 1 fully saturated rings. The maximum atomic E-state index is 13.5. The third kappa shape index (κ3) is 5.57. The van der Waals surface area contributed by atoms with Gasteiger partial charge in [-0.05, 0) is 36.5 Å². The van der Waals surface area contributed by atoms with Gasteiger partial charge < -0.3 is 14.4 Å². The van der Waals surface area contributed by atoms with Gasteiger partial charge in [0, 0.05) is 25.7 Å². The smallest absolute Gasteiger partial charge is 0.243 e. The van der Waals surface area contributed by atoms with Crippen molar-refractivity contribution in [2.24, 2.45) is 5.92 Å². The van der Waals surface area contributed by atoms with Crippen LogP contribution in [-0.2, 0) is 21.4 Å². The first-order valence-electron chi connectivity index (χ1n) is 10.4. The van der Waals surface area contributed by atoms with Crippen LogP contribution >= 0.6 is 0 Å². The fourth-order valence-electron chi connectivity index (χ4n) is 3.65. The van der Waals surface area contributed by atoms with Gasteiger partial charge in [-0.1, -0.05) is 37.3 Å². The average molecular weight is 447 g/mol. The minimum absolute atomic E-state index is 0.0566. The van der Waals surface area contributed by atoms with Gasteiger partial charge in [-0.15, -0.1) is 0 Å². The van der Waals surface area contributed by atoms with Crippen LogP contribution in [0.25, 0.3) is 0 Å². The quantitative estimate of drug-likeness (QED) is 0.623. The van der Waals surface area contributed by atoms with Crippen LogP contribution in [0.4, 0.5) is 0 Å². The number of methoxy groups -OCH3 is 2. The van der Waals surface area contributed by atoms with Gasteiger partial charge in [-0.2, -0.15) is 4.31 Å². The molecule has 1 amide bonds. The molecule has 0 N–H and O–H groups in total. The lowest BCUT2D eigenvalue weighted by molar-refractivity contribution is -0.132. The summed E-state index contributed by atoms with van der Waals surface area (Å²) in [6.07, 6.45) is 1.87. The second-order valence-electron chi connectivity index (χ2n) is 7.84. The SMILES string of the molecule is COc1ccc(S(=O)(=O)N(CC(=O)N2CCC(C)CC2)Cc2ccccc2)cc1OC. The Balaban J connectivity index is 1.90. The molecule has 0 spiro atoms. The number of carbonyl (C=O) groups excluding carboxylic acids is 1. The molecule has 168 valence electrons. The Morgan fingerprint density at radius 2 is 1.68 bits per heavy atom. The molecule has 0 radical (unpaired) electrons. The fraction of sp³-hybridized carbons (Fsp3) is 0.435. The summed E-state index contributed by atoms with van der Waals surface area (Å²) in [7, 11) is -1.00. The van der Waals surface area contributed by atoms with E-state index in [4.69, 9.17) is 9.47 Å². The number of carbonyl (C=O) groups is 1. The Morgan fingerprint density at radius 3 is 2.29 bits per heavy atom. The molecule has 1 aliphatic rings. The van der Waals surface area contributed by atoms with Crippen LogP contribution in [0.2, 0.25) is 0 Å². The summed E-state index contributed by atoms with van der Waals surface area (Å²) in [5.41, 5.74) is 0.812. The first kappa shape index (κ1) is 23.1. The highest BCUT2D eigenvalue weighted by Crippen LogP contribution is 2.31. The number of hydrogen-bond acceptors (Lipinski definition) is 5. The number of ether oxygens (including phenoxy) is 2. The van der Waals surface area contributed by atoms with Crippen LogP contribution in [-0.4, -0.2) is 57.4 Å². The van der Waals surface area contributed by atoms with Gasteiger partial charge in [0.25, 0.3) is 0 Å². The van der Waals surface area contributed by atoms with Crippen molar-refractivity contribution in [1.82, 2.24) is 9.21 Å². The zero-order chi connectivity index (χ0) is 22.4. The van der Waals surface area contributed by atoms with E-state index in [1.165, 1.54) is 30.7 Å². The first-order valence-corrected chi connectivity index (χ1v) is 11.8. The summed E-state index contributed by atoms with van der Waals surface area (Å²) >= 11 is 0. The average Bonchev–Trinajstić information content (AvgIpc) is 2.79. The Bertz CT molecular complexity index is 986. The Morgan fingerprint density at radius 1 is 1.03 bits per heavy atom. The molecule has 0 atom stereocenters. The number of amides is 1. The van der Waals surface area contributed by atoms with Crippen molar-refractivity contribution in [2.75, 3.05) is 33.9 Å². The third-order valence-corrected chi connectivity index (χ3v) is 7.43. The number of hydrogen-bond donors (Lipinski definition) is 0. The fourth-order valence-corrected chi connectivity index (χ4v) is 5.04. The summed E-state index contributed by atoms with van der Waals surface area (Å²) in [6.45, 7) is 3.39. The molecule has 0 bridgehead atoms. The Kier molecular flexibility index (Phi) is 7.56. The Labute approximate surface area is 184 Å². The summed E-state index contributed by atoms with van der Waals surface area (Å²) in [5, 5.41) is 0.